The van der Waals surface area contributed by atoms with Gasteiger partial charge >= 0.3 is 0 Å². The molecule has 1 aliphatic carbocycles. The quantitative estimate of drug-likeness (QED) is 0.652. The van der Waals surface area contributed by atoms with Crippen molar-refractivity contribution in [2.45, 2.75) is 50.7 Å². The number of nitrogens with two attached hydrogens (primary N) is 1. The maximum Gasteiger partial charge on any atom is 0.260 e. The average Bonchev–Trinajstić information content (AvgIpc) is 3.18. The molecule has 2 aromatic rings. The summed E-state index contributed by atoms with van der Waals surface area (Å²) < 4.78 is 31.3. The predicted molar refractivity (Wildman–Crippen MR) is 132 cm³/mol. The highest BCUT2D eigenvalue weighted by Crippen LogP contribution is 2.44. The Hall–Kier alpha value is -3.01. The molecule has 36 heavy (non-hydrogen) atoms. The Labute approximate surface area is 210 Å². The van der Waals surface area contributed by atoms with Gasteiger partial charge in [0, 0.05) is 64.2 Å². The highest BCUT2D eigenvalue weighted by atomic mass is 19.1. The third kappa shape index (κ3) is 4.70. The number of oxime groups is 1. The standard InChI is InChI=1S/C26H34F2N6O2/c1-32-23(29)14-20(30-32)17-33-9-7-26(28,8-10-33)24(35)34-11-5-25(6-12-34)15-18-3-4-19(27)13-21(18)22(16-25)31-36-2/h3-4,13-14H,5-12,15-17,29H2,1-2H3. The summed E-state index contributed by atoms with van der Waals surface area (Å²) in [7, 11) is 3.28. The number of aromatic nitrogens is 2. The zero-order chi connectivity index (χ0) is 25.5. The van der Waals surface area contributed by atoms with E-state index in [0.29, 0.717) is 45.0 Å². The van der Waals surface area contributed by atoms with Crippen molar-refractivity contribution in [3.05, 3.63) is 46.9 Å². The fourth-order valence-corrected chi connectivity index (χ4v) is 6.03. The van der Waals surface area contributed by atoms with Crippen LogP contribution < -0.4 is 5.73 Å². The molecule has 0 unspecified atom stereocenters. The number of anilines is 1. The van der Waals surface area contributed by atoms with Crippen molar-refractivity contribution in [1.29, 1.82) is 0 Å². The zero-order valence-corrected chi connectivity index (χ0v) is 21.0. The van der Waals surface area contributed by atoms with Crippen molar-refractivity contribution in [3.8, 4) is 0 Å². The van der Waals surface area contributed by atoms with Crippen molar-refractivity contribution in [1.82, 2.24) is 19.6 Å². The Morgan fingerprint density at radius 1 is 1.14 bits per heavy atom. The minimum atomic E-state index is -1.83. The second-order valence-electron chi connectivity index (χ2n) is 10.6. The summed E-state index contributed by atoms with van der Waals surface area (Å²) in [6.07, 6.45) is 3.32. The number of likely N-dealkylation sites (tertiary alicyclic amines) is 2. The number of carbonyl (C=O) groups excluding carboxylic acids is 1. The third-order valence-corrected chi connectivity index (χ3v) is 8.19. The van der Waals surface area contributed by atoms with Crippen molar-refractivity contribution in [2.75, 3.05) is 39.0 Å². The number of rotatable bonds is 4. The molecule has 0 radical (unpaired) electrons. The van der Waals surface area contributed by atoms with Crippen LogP contribution in [0.4, 0.5) is 14.6 Å². The first-order valence-corrected chi connectivity index (χ1v) is 12.6. The minimum absolute atomic E-state index is 0.0870. The molecular weight excluding hydrogens is 466 g/mol. The van der Waals surface area contributed by atoms with E-state index in [-0.39, 0.29) is 30.0 Å². The second kappa shape index (κ2) is 9.46. The van der Waals surface area contributed by atoms with Crippen LogP contribution in [0.25, 0.3) is 0 Å². The number of nitrogen functional groups attached to an aromatic ring is 1. The molecular formula is C26H34F2N6O2. The summed E-state index contributed by atoms with van der Waals surface area (Å²) in [5.41, 5.74) is 7.37. The molecule has 1 aromatic heterocycles. The van der Waals surface area contributed by atoms with Crippen LogP contribution in [0.2, 0.25) is 0 Å². The lowest BCUT2D eigenvalue weighted by molar-refractivity contribution is -0.150. The summed E-state index contributed by atoms with van der Waals surface area (Å²) in [5.74, 6) is -0.0883. The van der Waals surface area contributed by atoms with Crippen molar-refractivity contribution >= 4 is 17.4 Å². The van der Waals surface area contributed by atoms with E-state index in [2.05, 4.69) is 15.2 Å². The maximum atomic E-state index is 15.8. The first kappa shape index (κ1) is 24.7. The number of halogens is 2. The van der Waals surface area contributed by atoms with Gasteiger partial charge in [-0.15, -0.1) is 0 Å². The highest BCUT2D eigenvalue weighted by molar-refractivity contribution is 6.03. The van der Waals surface area contributed by atoms with Crippen LogP contribution in [0, 0.1) is 11.2 Å². The van der Waals surface area contributed by atoms with Crippen molar-refractivity contribution in [3.63, 3.8) is 0 Å². The van der Waals surface area contributed by atoms with Crippen LogP contribution >= 0.6 is 0 Å². The molecule has 3 aliphatic rings. The number of alkyl halides is 1. The number of fused-ring (bicyclic) bond motifs is 1. The monoisotopic (exact) mass is 500 g/mol. The molecule has 0 atom stereocenters. The van der Waals surface area contributed by atoms with E-state index in [9.17, 15) is 9.18 Å². The molecule has 2 saturated heterocycles. The molecule has 194 valence electrons. The highest BCUT2D eigenvalue weighted by Gasteiger charge is 2.47. The zero-order valence-electron chi connectivity index (χ0n) is 21.0. The van der Waals surface area contributed by atoms with Gasteiger partial charge in [-0.05, 0) is 48.8 Å². The van der Waals surface area contributed by atoms with Gasteiger partial charge in [-0.2, -0.15) is 5.10 Å². The van der Waals surface area contributed by atoms with Gasteiger partial charge in [0.1, 0.15) is 18.7 Å². The summed E-state index contributed by atoms with van der Waals surface area (Å²) in [4.78, 5) is 22.2. The SMILES string of the molecule is CON=C1CC2(CCN(C(=O)C3(F)CCN(Cc4cc(N)n(C)n4)CC3)CC2)Cc2ccc(F)cc21. The van der Waals surface area contributed by atoms with Gasteiger partial charge in [0.05, 0.1) is 11.4 Å². The van der Waals surface area contributed by atoms with E-state index >= 15 is 4.39 Å². The number of hydrogen-bond donors (Lipinski definition) is 1. The van der Waals surface area contributed by atoms with Crippen LogP contribution in [0.15, 0.2) is 29.4 Å². The normalized spacial score (nSPS) is 22.6. The Bertz CT molecular complexity index is 1140. The second-order valence-corrected chi connectivity index (χ2v) is 10.6. The Balaban J connectivity index is 1.20. The number of aryl methyl sites for hydroxylation is 1. The average molecular weight is 501 g/mol. The summed E-state index contributed by atoms with van der Waals surface area (Å²) in [6, 6.07) is 6.64. The topological polar surface area (TPSA) is 89.0 Å². The molecule has 2 fully saturated rings. The molecule has 2 N–H and O–H groups in total. The van der Waals surface area contributed by atoms with E-state index in [0.717, 1.165) is 41.8 Å². The van der Waals surface area contributed by atoms with E-state index in [1.165, 1.54) is 19.2 Å². The smallest absolute Gasteiger partial charge is 0.260 e. The summed E-state index contributed by atoms with van der Waals surface area (Å²) >= 11 is 0. The Morgan fingerprint density at radius 2 is 1.86 bits per heavy atom. The van der Waals surface area contributed by atoms with Gasteiger partial charge in [0.15, 0.2) is 5.67 Å². The molecule has 0 saturated carbocycles. The van der Waals surface area contributed by atoms with Gasteiger partial charge in [-0.25, -0.2) is 8.78 Å². The molecule has 3 heterocycles. The summed E-state index contributed by atoms with van der Waals surface area (Å²) in [6.45, 7) is 2.62. The van der Waals surface area contributed by atoms with Gasteiger partial charge in [0.25, 0.3) is 5.91 Å². The number of benzene rings is 1. The molecule has 1 spiro atoms. The lowest BCUT2D eigenvalue weighted by Crippen LogP contribution is -2.55. The molecule has 1 amide bonds. The van der Waals surface area contributed by atoms with Gasteiger partial charge in [-0.1, -0.05) is 11.2 Å². The van der Waals surface area contributed by atoms with Crippen molar-refractivity contribution < 1.29 is 18.4 Å². The van der Waals surface area contributed by atoms with E-state index < -0.39 is 5.67 Å². The first-order valence-electron chi connectivity index (χ1n) is 12.6. The number of amides is 1. The largest absolute Gasteiger partial charge is 0.399 e. The van der Waals surface area contributed by atoms with Gasteiger partial charge in [-0.3, -0.25) is 14.4 Å². The fourth-order valence-electron chi connectivity index (χ4n) is 6.03. The third-order valence-electron chi connectivity index (χ3n) is 8.19. The molecule has 0 bridgehead atoms. The van der Waals surface area contributed by atoms with Crippen molar-refractivity contribution in [2.24, 2.45) is 17.6 Å². The van der Waals surface area contributed by atoms with Gasteiger partial charge < -0.3 is 15.5 Å². The first-order chi connectivity index (χ1) is 17.2. The molecule has 5 rings (SSSR count). The van der Waals surface area contributed by atoms with Crippen LogP contribution in [-0.4, -0.2) is 70.2 Å². The van der Waals surface area contributed by atoms with Crippen LogP contribution in [0.1, 0.15) is 48.9 Å². The minimum Gasteiger partial charge on any atom is -0.399 e. The molecule has 10 heteroatoms. The Kier molecular flexibility index (Phi) is 6.48. The van der Waals surface area contributed by atoms with Crippen LogP contribution in [0.5, 0.6) is 0 Å². The van der Waals surface area contributed by atoms with E-state index in [4.69, 9.17) is 10.6 Å². The number of nitrogens with zero attached hydrogens (tertiary/aromatic N) is 5. The maximum absolute atomic E-state index is 15.8. The molecule has 2 aliphatic heterocycles. The van der Waals surface area contributed by atoms with Crippen LogP contribution in [0.3, 0.4) is 0 Å². The Morgan fingerprint density at radius 3 is 2.50 bits per heavy atom. The lowest BCUT2D eigenvalue weighted by Gasteiger charge is -2.46. The summed E-state index contributed by atoms with van der Waals surface area (Å²) in [5, 5.41) is 8.56. The molecule has 1 aromatic carbocycles. The van der Waals surface area contributed by atoms with E-state index in [1.54, 1.807) is 16.6 Å². The number of carbonyl (C=O) groups is 1. The lowest BCUT2D eigenvalue weighted by atomic mass is 9.65. The number of hydrogen-bond acceptors (Lipinski definition) is 6. The van der Waals surface area contributed by atoms with Gasteiger partial charge in [0.2, 0.25) is 0 Å². The van der Waals surface area contributed by atoms with Crippen LogP contribution in [-0.2, 0) is 29.6 Å². The van der Waals surface area contributed by atoms with E-state index in [1.807, 2.05) is 12.1 Å². The molecule has 8 nitrogen and oxygen atoms in total. The number of piperidine rings is 2. The fraction of sp³-hybridized carbons (Fsp3) is 0.577. The predicted octanol–water partition coefficient (Wildman–Crippen LogP) is 3.05.